The van der Waals surface area contributed by atoms with E-state index in [2.05, 4.69) is 0 Å². The highest BCUT2D eigenvalue weighted by molar-refractivity contribution is 7.55. The SMILES string of the molecule is C[C](Oc1cc(Oc2ccc(C(F)(F)F)cc2Cl)ccc1[N+](=O)[O-])P(=O)(O)O. The third-order valence-corrected chi connectivity index (χ3v) is 4.49. The number of hydrogen-bond donors (Lipinski definition) is 2. The van der Waals surface area contributed by atoms with Crippen LogP contribution in [0.15, 0.2) is 36.4 Å². The monoisotopic (exact) mass is 440 g/mol. The van der Waals surface area contributed by atoms with Gasteiger partial charge in [-0.2, -0.15) is 13.2 Å². The number of nitro groups is 1. The van der Waals surface area contributed by atoms with E-state index in [1.54, 1.807) is 0 Å². The molecule has 13 heteroatoms. The Morgan fingerprint density at radius 1 is 1.18 bits per heavy atom. The molecule has 1 radical (unpaired) electrons. The van der Waals surface area contributed by atoms with Crippen LogP contribution in [0.1, 0.15) is 12.5 Å². The van der Waals surface area contributed by atoms with Gasteiger partial charge < -0.3 is 19.3 Å². The summed E-state index contributed by atoms with van der Waals surface area (Å²) >= 11 is 5.78. The first-order valence-electron chi connectivity index (χ1n) is 7.19. The first kappa shape index (κ1) is 22.0. The normalized spacial score (nSPS) is 12.1. The molecule has 0 aromatic heterocycles. The van der Waals surface area contributed by atoms with Crippen LogP contribution in [0, 0.1) is 16.0 Å². The highest BCUT2D eigenvalue weighted by atomic mass is 35.5. The molecule has 0 atom stereocenters. The van der Waals surface area contributed by atoms with E-state index in [1.165, 1.54) is 0 Å². The van der Waals surface area contributed by atoms with E-state index in [0.29, 0.717) is 6.07 Å². The summed E-state index contributed by atoms with van der Waals surface area (Å²) in [6.07, 6.45) is -4.60. The maximum absolute atomic E-state index is 12.7. The Kier molecular flexibility index (Phi) is 6.24. The van der Waals surface area contributed by atoms with Crippen LogP contribution in [0.25, 0.3) is 0 Å². The molecule has 0 heterocycles. The zero-order valence-corrected chi connectivity index (χ0v) is 15.5. The summed E-state index contributed by atoms with van der Waals surface area (Å²) in [5.74, 6) is -1.63. The highest BCUT2D eigenvalue weighted by Gasteiger charge is 2.32. The van der Waals surface area contributed by atoms with Crippen LogP contribution in [0.3, 0.4) is 0 Å². The number of hydrogen-bond acceptors (Lipinski definition) is 5. The zero-order chi connectivity index (χ0) is 21.3. The van der Waals surface area contributed by atoms with Crippen molar-refractivity contribution in [3.8, 4) is 17.2 Å². The highest BCUT2D eigenvalue weighted by Crippen LogP contribution is 2.49. The lowest BCUT2D eigenvalue weighted by Crippen LogP contribution is -2.05. The van der Waals surface area contributed by atoms with Gasteiger partial charge in [0.1, 0.15) is 11.5 Å². The molecule has 2 rings (SSSR count). The average molecular weight is 441 g/mol. The molecule has 0 aliphatic carbocycles. The summed E-state index contributed by atoms with van der Waals surface area (Å²) in [4.78, 5) is 28.3. The van der Waals surface area contributed by atoms with Crippen LogP contribution >= 0.6 is 19.2 Å². The number of halogens is 4. The van der Waals surface area contributed by atoms with E-state index < -0.39 is 41.5 Å². The molecule has 0 aliphatic heterocycles. The maximum Gasteiger partial charge on any atom is 0.416 e. The van der Waals surface area contributed by atoms with Gasteiger partial charge in [0.2, 0.25) is 5.75 Å². The van der Waals surface area contributed by atoms with E-state index in [1.807, 2.05) is 0 Å². The van der Waals surface area contributed by atoms with Gasteiger partial charge >= 0.3 is 19.5 Å². The predicted octanol–water partition coefficient (Wildman–Crippen LogP) is 5.13. The number of benzene rings is 2. The lowest BCUT2D eigenvalue weighted by molar-refractivity contribution is -0.385. The van der Waals surface area contributed by atoms with Crippen molar-refractivity contribution in [1.82, 2.24) is 0 Å². The Hall–Kier alpha value is -2.33. The molecule has 0 fully saturated rings. The van der Waals surface area contributed by atoms with Gasteiger partial charge in [0.25, 0.3) is 5.85 Å². The molecule has 0 amide bonds. The lowest BCUT2D eigenvalue weighted by atomic mass is 10.2. The molecule has 0 saturated carbocycles. The minimum atomic E-state index is -4.78. The fourth-order valence-electron chi connectivity index (χ4n) is 1.90. The van der Waals surface area contributed by atoms with Gasteiger partial charge in [-0.05, 0) is 31.2 Å². The summed E-state index contributed by atoms with van der Waals surface area (Å²) in [6, 6.07) is 5.34. The fourth-order valence-corrected chi connectivity index (χ4v) is 2.33. The van der Waals surface area contributed by atoms with Crippen molar-refractivity contribution in [1.29, 1.82) is 0 Å². The Morgan fingerprint density at radius 2 is 1.82 bits per heavy atom. The summed E-state index contributed by atoms with van der Waals surface area (Å²) < 4.78 is 59.4. The second kappa shape index (κ2) is 7.96. The van der Waals surface area contributed by atoms with E-state index in [4.69, 9.17) is 30.9 Å². The van der Waals surface area contributed by atoms with Gasteiger partial charge in [0.05, 0.1) is 15.5 Å². The number of alkyl halides is 3. The molecular weight excluding hydrogens is 430 g/mol. The van der Waals surface area contributed by atoms with E-state index >= 15 is 0 Å². The van der Waals surface area contributed by atoms with Crippen molar-refractivity contribution in [2.24, 2.45) is 0 Å². The van der Waals surface area contributed by atoms with Crippen molar-refractivity contribution in [2.75, 3.05) is 0 Å². The van der Waals surface area contributed by atoms with Crippen LogP contribution in [-0.2, 0) is 10.7 Å². The van der Waals surface area contributed by atoms with Crippen LogP contribution in [0.2, 0.25) is 5.02 Å². The van der Waals surface area contributed by atoms with Gasteiger partial charge in [-0.3, -0.25) is 14.7 Å². The van der Waals surface area contributed by atoms with Crippen LogP contribution in [-0.4, -0.2) is 14.7 Å². The lowest BCUT2D eigenvalue weighted by Gasteiger charge is -2.15. The van der Waals surface area contributed by atoms with Crippen LogP contribution in [0.4, 0.5) is 18.9 Å². The molecule has 0 bridgehead atoms. The van der Waals surface area contributed by atoms with Crippen molar-refractivity contribution in [2.45, 2.75) is 13.1 Å². The molecular formula is C15H11ClF3NO7P. The zero-order valence-electron chi connectivity index (χ0n) is 13.8. The second-order valence-corrected chi connectivity index (χ2v) is 7.42. The standard InChI is InChI=1S/C15H11ClF3NO7P/c1-8(28(23,24)25)26-14-7-10(3-4-12(14)20(21)22)27-13-5-2-9(6-11(13)16)15(17,18)19/h2-7H,1H3,(H2,23,24,25). The predicted molar refractivity (Wildman–Crippen MR) is 91.2 cm³/mol. The van der Waals surface area contributed by atoms with E-state index in [-0.39, 0.29) is 16.5 Å². The molecule has 2 N–H and O–H groups in total. The molecule has 2 aromatic carbocycles. The number of nitrogens with zero attached hydrogens (tertiary/aromatic N) is 1. The molecule has 0 saturated heterocycles. The smallest absolute Gasteiger partial charge is 0.416 e. The second-order valence-electron chi connectivity index (χ2n) is 5.30. The Balaban J connectivity index is 2.36. The topological polar surface area (TPSA) is 119 Å². The van der Waals surface area contributed by atoms with Crippen molar-refractivity contribution in [3.05, 3.63) is 62.9 Å². The summed E-state index contributed by atoms with van der Waals surface area (Å²) in [5.41, 5.74) is -1.61. The number of ether oxygens (including phenoxy) is 2. The first-order valence-corrected chi connectivity index (χ1v) is 9.18. The first-order chi connectivity index (χ1) is 12.8. The third kappa shape index (κ3) is 5.35. The molecule has 0 spiro atoms. The fraction of sp³-hybridized carbons (Fsp3) is 0.133. The number of rotatable bonds is 6. The molecule has 0 unspecified atom stereocenters. The summed E-state index contributed by atoms with van der Waals surface area (Å²) in [5, 5.41) is 10.7. The van der Waals surface area contributed by atoms with Gasteiger partial charge in [0, 0.05) is 12.1 Å². The van der Waals surface area contributed by atoms with Gasteiger partial charge in [0.15, 0.2) is 0 Å². The average Bonchev–Trinajstić information content (AvgIpc) is 2.54. The van der Waals surface area contributed by atoms with E-state index in [9.17, 15) is 27.9 Å². The van der Waals surface area contributed by atoms with Crippen molar-refractivity contribution >= 4 is 24.9 Å². The molecule has 151 valence electrons. The Labute approximate surface area is 160 Å². The molecule has 2 aromatic rings. The molecule has 0 aliphatic rings. The maximum atomic E-state index is 12.7. The minimum absolute atomic E-state index is 0.124. The quantitative estimate of drug-likeness (QED) is 0.363. The van der Waals surface area contributed by atoms with Crippen molar-refractivity contribution < 1.29 is 41.9 Å². The Morgan fingerprint density at radius 3 is 2.32 bits per heavy atom. The van der Waals surface area contributed by atoms with Crippen molar-refractivity contribution in [3.63, 3.8) is 0 Å². The minimum Gasteiger partial charge on any atom is -0.462 e. The van der Waals surface area contributed by atoms with E-state index in [0.717, 1.165) is 37.3 Å². The number of nitro benzene ring substituents is 1. The Bertz CT molecular complexity index is 948. The summed E-state index contributed by atoms with van der Waals surface area (Å²) in [7, 11) is -4.78. The molecule has 28 heavy (non-hydrogen) atoms. The largest absolute Gasteiger partial charge is 0.462 e. The van der Waals surface area contributed by atoms with Gasteiger partial charge in [-0.1, -0.05) is 11.6 Å². The van der Waals surface area contributed by atoms with Crippen LogP contribution < -0.4 is 9.47 Å². The van der Waals surface area contributed by atoms with Gasteiger partial charge in [-0.25, -0.2) is 0 Å². The third-order valence-electron chi connectivity index (χ3n) is 3.28. The molecule has 8 nitrogen and oxygen atoms in total. The van der Waals surface area contributed by atoms with Crippen LogP contribution in [0.5, 0.6) is 17.2 Å². The summed E-state index contributed by atoms with van der Waals surface area (Å²) in [6.45, 7) is 0.935. The van der Waals surface area contributed by atoms with Gasteiger partial charge in [-0.15, -0.1) is 0 Å².